The van der Waals surface area contributed by atoms with Gasteiger partial charge in [-0.15, -0.1) is 0 Å². The SMILES string of the molecule is CS(=O)(=O)c1cc(C(=O)O)ccc1Oc1ccc(N)cc1. The van der Waals surface area contributed by atoms with Gasteiger partial charge in [0.1, 0.15) is 16.4 Å². The fraction of sp³-hybridized carbons (Fsp3) is 0.0714. The van der Waals surface area contributed by atoms with Crippen molar-refractivity contribution >= 4 is 21.5 Å². The predicted molar refractivity (Wildman–Crippen MR) is 77.4 cm³/mol. The van der Waals surface area contributed by atoms with E-state index < -0.39 is 15.8 Å². The molecule has 0 atom stereocenters. The van der Waals surface area contributed by atoms with E-state index in [0.29, 0.717) is 11.4 Å². The summed E-state index contributed by atoms with van der Waals surface area (Å²) in [5, 5.41) is 8.94. The molecule has 0 aliphatic rings. The molecule has 0 fully saturated rings. The lowest BCUT2D eigenvalue weighted by Crippen LogP contribution is -2.04. The summed E-state index contributed by atoms with van der Waals surface area (Å²) < 4.78 is 29.1. The lowest BCUT2D eigenvalue weighted by Gasteiger charge is -2.11. The summed E-state index contributed by atoms with van der Waals surface area (Å²) in [6.07, 6.45) is 0.990. The Labute approximate surface area is 121 Å². The molecule has 7 heteroatoms. The van der Waals surface area contributed by atoms with Crippen LogP contribution in [0.25, 0.3) is 0 Å². The highest BCUT2D eigenvalue weighted by atomic mass is 32.2. The molecule has 2 aromatic carbocycles. The van der Waals surface area contributed by atoms with Crippen LogP contribution < -0.4 is 10.5 Å². The molecule has 0 aliphatic heterocycles. The number of aromatic carboxylic acids is 1. The van der Waals surface area contributed by atoms with Crippen molar-refractivity contribution < 1.29 is 23.1 Å². The Kier molecular flexibility index (Phi) is 3.86. The number of ether oxygens (including phenoxy) is 1. The minimum Gasteiger partial charge on any atom is -0.478 e. The van der Waals surface area contributed by atoms with E-state index in [2.05, 4.69) is 0 Å². The Balaban J connectivity index is 2.48. The van der Waals surface area contributed by atoms with E-state index >= 15 is 0 Å². The average Bonchev–Trinajstić information content (AvgIpc) is 2.40. The summed E-state index contributed by atoms with van der Waals surface area (Å²) in [6, 6.07) is 10.1. The highest BCUT2D eigenvalue weighted by Crippen LogP contribution is 2.30. The molecule has 0 saturated heterocycles. The number of anilines is 1. The van der Waals surface area contributed by atoms with E-state index in [-0.39, 0.29) is 16.2 Å². The number of hydrogen-bond donors (Lipinski definition) is 2. The summed E-state index contributed by atoms with van der Waals surface area (Å²) in [4.78, 5) is 10.8. The molecule has 0 saturated carbocycles. The zero-order valence-corrected chi connectivity index (χ0v) is 11.9. The van der Waals surface area contributed by atoms with E-state index in [1.807, 2.05) is 0 Å². The third kappa shape index (κ3) is 3.51. The van der Waals surface area contributed by atoms with Crippen LogP contribution in [0.15, 0.2) is 47.4 Å². The van der Waals surface area contributed by atoms with Gasteiger partial charge in [-0.05, 0) is 42.5 Å². The molecule has 0 amide bonds. The van der Waals surface area contributed by atoms with Gasteiger partial charge in [0.15, 0.2) is 9.84 Å². The lowest BCUT2D eigenvalue weighted by molar-refractivity contribution is 0.0696. The molecule has 3 N–H and O–H groups in total. The first-order valence-electron chi connectivity index (χ1n) is 5.88. The average molecular weight is 307 g/mol. The van der Waals surface area contributed by atoms with E-state index in [9.17, 15) is 13.2 Å². The molecule has 0 aromatic heterocycles. The van der Waals surface area contributed by atoms with Gasteiger partial charge in [0.05, 0.1) is 5.56 Å². The number of nitrogen functional groups attached to an aromatic ring is 1. The third-order valence-electron chi connectivity index (χ3n) is 2.70. The molecular formula is C14H13NO5S. The quantitative estimate of drug-likeness (QED) is 0.838. The number of hydrogen-bond acceptors (Lipinski definition) is 5. The van der Waals surface area contributed by atoms with Gasteiger partial charge in [0.25, 0.3) is 0 Å². The third-order valence-corrected chi connectivity index (χ3v) is 3.82. The molecule has 0 unspecified atom stereocenters. The predicted octanol–water partition coefficient (Wildman–Crippen LogP) is 2.16. The number of rotatable bonds is 4. The van der Waals surface area contributed by atoms with Gasteiger partial charge in [-0.3, -0.25) is 0 Å². The Morgan fingerprint density at radius 2 is 1.76 bits per heavy atom. The number of carbonyl (C=O) groups is 1. The van der Waals surface area contributed by atoms with Crippen molar-refractivity contribution in [2.24, 2.45) is 0 Å². The Hall–Kier alpha value is -2.54. The van der Waals surface area contributed by atoms with Crippen LogP contribution in [0.5, 0.6) is 11.5 Å². The molecule has 0 aliphatic carbocycles. The molecule has 0 bridgehead atoms. The molecule has 0 spiro atoms. The summed E-state index contributed by atoms with van der Waals surface area (Å²) in [5.41, 5.74) is 5.98. The lowest BCUT2D eigenvalue weighted by atomic mass is 10.2. The molecule has 21 heavy (non-hydrogen) atoms. The maximum Gasteiger partial charge on any atom is 0.335 e. The molecule has 0 radical (unpaired) electrons. The van der Waals surface area contributed by atoms with Crippen LogP contribution >= 0.6 is 0 Å². The highest BCUT2D eigenvalue weighted by molar-refractivity contribution is 7.90. The summed E-state index contributed by atoms with van der Waals surface area (Å²) in [5.74, 6) is -0.747. The topological polar surface area (TPSA) is 107 Å². The Morgan fingerprint density at radius 3 is 2.29 bits per heavy atom. The second-order valence-electron chi connectivity index (χ2n) is 4.41. The van der Waals surface area contributed by atoms with Crippen molar-refractivity contribution in [3.8, 4) is 11.5 Å². The summed E-state index contributed by atoms with van der Waals surface area (Å²) in [7, 11) is -3.63. The van der Waals surface area contributed by atoms with E-state index in [1.54, 1.807) is 24.3 Å². The van der Waals surface area contributed by atoms with Crippen LogP contribution in [0.3, 0.4) is 0 Å². The van der Waals surface area contributed by atoms with Crippen LogP contribution in [-0.2, 0) is 9.84 Å². The molecule has 6 nitrogen and oxygen atoms in total. The number of carboxylic acid groups (broad SMARTS) is 1. The fourth-order valence-electron chi connectivity index (χ4n) is 1.68. The smallest absolute Gasteiger partial charge is 0.335 e. The number of benzene rings is 2. The fourth-order valence-corrected chi connectivity index (χ4v) is 2.49. The first kappa shape index (κ1) is 14.9. The first-order chi connectivity index (χ1) is 9.77. The van der Waals surface area contributed by atoms with Gasteiger partial charge in [-0.25, -0.2) is 13.2 Å². The normalized spacial score (nSPS) is 11.1. The molecule has 2 aromatic rings. The van der Waals surface area contributed by atoms with Crippen LogP contribution in [0.1, 0.15) is 10.4 Å². The van der Waals surface area contributed by atoms with Crippen LogP contribution in [0, 0.1) is 0 Å². The molecular weight excluding hydrogens is 294 g/mol. The molecule has 2 rings (SSSR count). The Morgan fingerprint density at radius 1 is 1.14 bits per heavy atom. The number of sulfone groups is 1. The van der Waals surface area contributed by atoms with Gasteiger partial charge >= 0.3 is 5.97 Å². The monoisotopic (exact) mass is 307 g/mol. The Bertz CT molecular complexity index is 782. The van der Waals surface area contributed by atoms with Gasteiger partial charge in [-0.1, -0.05) is 0 Å². The van der Waals surface area contributed by atoms with Crippen molar-refractivity contribution in [1.29, 1.82) is 0 Å². The van der Waals surface area contributed by atoms with Crippen LogP contribution in [0.2, 0.25) is 0 Å². The van der Waals surface area contributed by atoms with Gasteiger partial charge < -0.3 is 15.6 Å². The summed E-state index contributed by atoms with van der Waals surface area (Å²) in [6.45, 7) is 0. The summed E-state index contributed by atoms with van der Waals surface area (Å²) >= 11 is 0. The largest absolute Gasteiger partial charge is 0.478 e. The van der Waals surface area contributed by atoms with Gasteiger partial charge in [0.2, 0.25) is 0 Å². The van der Waals surface area contributed by atoms with Crippen molar-refractivity contribution in [3.05, 3.63) is 48.0 Å². The number of nitrogens with two attached hydrogens (primary N) is 1. The zero-order valence-electron chi connectivity index (χ0n) is 11.1. The van der Waals surface area contributed by atoms with Crippen LogP contribution in [-0.4, -0.2) is 25.7 Å². The molecule has 0 heterocycles. The van der Waals surface area contributed by atoms with E-state index in [1.165, 1.54) is 12.1 Å². The number of carboxylic acids is 1. The first-order valence-corrected chi connectivity index (χ1v) is 7.77. The highest BCUT2D eigenvalue weighted by Gasteiger charge is 2.18. The molecule has 110 valence electrons. The van der Waals surface area contributed by atoms with Crippen molar-refractivity contribution in [2.75, 3.05) is 12.0 Å². The van der Waals surface area contributed by atoms with Crippen LogP contribution in [0.4, 0.5) is 5.69 Å². The van der Waals surface area contributed by atoms with E-state index in [4.69, 9.17) is 15.6 Å². The minimum absolute atomic E-state index is 0.0623. The van der Waals surface area contributed by atoms with Crippen molar-refractivity contribution in [3.63, 3.8) is 0 Å². The zero-order chi connectivity index (χ0) is 15.6. The second-order valence-corrected chi connectivity index (χ2v) is 6.39. The maximum atomic E-state index is 11.8. The standard InChI is InChI=1S/C14H13NO5S/c1-21(18,19)13-8-9(14(16)17)2-7-12(13)20-11-5-3-10(15)4-6-11/h2-8H,15H2,1H3,(H,16,17). The van der Waals surface area contributed by atoms with Gasteiger partial charge in [-0.2, -0.15) is 0 Å². The van der Waals surface area contributed by atoms with Crippen molar-refractivity contribution in [1.82, 2.24) is 0 Å². The van der Waals surface area contributed by atoms with Crippen molar-refractivity contribution in [2.45, 2.75) is 4.90 Å². The minimum atomic E-state index is -3.63. The maximum absolute atomic E-state index is 11.8. The van der Waals surface area contributed by atoms with E-state index in [0.717, 1.165) is 12.3 Å². The van der Waals surface area contributed by atoms with Gasteiger partial charge in [0, 0.05) is 11.9 Å². The second kappa shape index (κ2) is 5.45.